The Balaban J connectivity index is 0.000000184. The third kappa shape index (κ3) is 3.76. The molecule has 0 atom stereocenters. The van der Waals surface area contributed by atoms with E-state index in [1.54, 1.807) is 20.2 Å². The average Bonchev–Trinajstić information content (AvgIpc) is 3.33. The summed E-state index contributed by atoms with van der Waals surface area (Å²) >= 11 is 0. The minimum Gasteiger partial charge on any atom is -0.465 e. The van der Waals surface area contributed by atoms with Crippen LogP contribution in [0.5, 0.6) is 0 Å². The summed E-state index contributed by atoms with van der Waals surface area (Å²) in [5.41, 5.74) is -0.900. The molecule has 0 radical (unpaired) electrons. The van der Waals surface area contributed by atoms with Crippen LogP contribution in [0.15, 0.2) is 30.5 Å². The van der Waals surface area contributed by atoms with Gasteiger partial charge >= 0.3 is 17.3 Å². The predicted molar refractivity (Wildman–Crippen MR) is 106 cm³/mol. The summed E-state index contributed by atoms with van der Waals surface area (Å²) in [4.78, 5) is 68.8. The lowest BCUT2D eigenvalue weighted by Crippen LogP contribution is -2.29. The smallest absolute Gasteiger partial charge is 0.329 e. The van der Waals surface area contributed by atoms with Crippen LogP contribution < -0.4 is 22.5 Å². The van der Waals surface area contributed by atoms with Gasteiger partial charge in [0, 0.05) is 26.7 Å². The van der Waals surface area contributed by atoms with Gasteiger partial charge in [-0.05, 0) is 6.92 Å². The fourth-order valence-corrected chi connectivity index (χ4v) is 2.88. The minimum atomic E-state index is -0.574. The van der Waals surface area contributed by atoms with Crippen molar-refractivity contribution in [2.75, 3.05) is 6.61 Å². The maximum Gasteiger partial charge on any atom is 0.329 e. The van der Waals surface area contributed by atoms with Gasteiger partial charge in [0.15, 0.2) is 11.2 Å². The number of esters is 1. The molecule has 4 heterocycles. The highest BCUT2D eigenvalue weighted by Gasteiger charge is 2.15. The highest BCUT2D eigenvalue weighted by Crippen LogP contribution is 2.16. The number of ether oxygens (including phenoxy) is 1. The number of nitrogens with one attached hydrogen (secondary N) is 2. The molecular weight excluding hydrogens is 398 g/mol. The first-order valence-corrected chi connectivity index (χ1v) is 8.89. The number of imidazole rings is 1. The molecule has 0 aromatic carbocycles. The summed E-state index contributed by atoms with van der Waals surface area (Å²) < 4.78 is 8.68. The Hall–Kier alpha value is -4.03. The van der Waals surface area contributed by atoms with Crippen molar-refractivity contribution in [2.24, 2.45) is 19.1 Å². The topological polar surface area (TPSA) is 166 Å². The van der Waals surface area contributed by atoms with E-state index < -0.39 is 22.9 Å². The monoisotopic (exact) mass is 417 g/mol. The van der Waals surface area contributed by atoms with Crippen molar-refractivity contribution in [3.05, 3.63) is 53.6 Å². The number of rotatable bonds is 3. The van der Waals surface area contributed by atoms with Gasteiger partial charge in [0.05, 0.1) is 18.5 Å². The maximum absolute atomic E-state index is 11.7. The van der Waals surface area contributed by atoms with Crippen molar-refractivity contribution in [3.8, 4) is 0 Å². The number of carbonyl (C=O) groups is 1. The first-order valence-electron chi connectivity index (χ1n) is 8.89. The molecule has 4 rings (SSSR count). The van der Waals surface area contributed by atoms with Gasteiger partial charge in [0.1, 0.15) is 12.4 Å². The number of nitrogens with zero attached hydrogens (tertiary/aromatic N) is 5. The van der Waals surface area contributed by atoms with Crippen LogP contribution in [0.2, 0.25) is 0 Å². The van der Waals surface area contributed by atoms with Crippen LogP contribution in [-0.2, 0) is 36.6 Å². The number of carbonyl (C=O) groups excluding carboxylic acids is 1. The van der Waals surface area contributed by atoms with Crippen LogP contribution in [0.1, 0.15) is 12.5 Å². The Bertz CT molecular complexity index is 1380. The number of fused-ring (bicyclic) bond motifs is 2. The van der Waals surface area contributed by atoms with Gasteiger partial charge in [0.2, 0.25) is 0 Å². The molecule has 0 bridgehead atoms. The van der Waals surface area contributed by atoms with Crippen LogP contribution in [0, 0.1) is 0 Å². The van der Waals surface area contributed by atoms with E-state index in [-0.39, 0.29) is 29.9 Å². The number of hydrogen-bond donors (Lipinski definition) is 2. The van der Waals surface area contributed by atoms with Crippen molar-refractivity contribution < 1.29 is 9.53 Å². The quantitative estimate of drug-likeness (QED) is 0.480. The van der Waals surface area contributed by atoms with Gasteiger partial charge < -0.3 is 9.30 Å². The van der Waals surface area contributed by atoms with E-state index in [0.29, 0.717) is 17.8 Å². The zero-order valence-corrected chi connectivity index (χ0v) is 16.5. The van der Waals surface area contributed by atoms with Crippen molar-refractivity contribution in [3.63, 3.8) is 0 Å². The second-order valence-corrected chi connectivity index (χ2v) is 6.30. The molecule has 13 nitrogen and oxygen atoms in total. The highest BCUT2D eigenvalue weighted by molar-refractivity contribution is 5.75. The second-order valence-electron chi connectivity index (χ2n) is 6.30. The Morgan fingerprint density at radius 1 is 1.10 bits per heavy atom. The van der Waals surface area contributed by atoms with E-state index in [9.17, 15) is 24.0 Å². The fraction of sp³-hybridized carbons (Fsp3) is 0.353. The van der Waals surface area contributed by atoms with Crippen molar-refractivity contribution in [1.29, 1.82) is 0 Å². The average molecular weight is 417 g/mol. The minimum absolute atomic E-state index is 0.119. The van der Waals surface area contributed by atoms with E-state index in [1.807, 2.05) is 0 Å². The summed E-state index contributed by atoms with van der Waals surface area (Å²) in [5.74, 6) is 0.00815. The molecule has 3 aromatic rings. The number of H-pyrrole nitrogens is 2. The molecule has 0 saturated heterocycles. The van der Waals surface area contributed by atoms with Crippen LogP contribution in [0.3, 0.4) is 0 Å². The van der Waals surface area contributed by atoms with Crippen molar-refractivity contribution in [2.45, 2.75) is 19.9 Å². The molecule has 0 aliphatic carbocycles. The van der Waals surface area contributed by atoms with Crippen LogP contribution in [0.4, 0.5) is 5.82 Å². The number of aryl methyl sites for hydroxylation is 1. The van der Waals surface area contributed by atoms with Gasteiger partial charge in [0.25, 0.3) is 11.1 Å². The summed E-state index contributed by atoms with van der Waals surface area (Å²) in [6.07, 6.45) is 3.47. The zero-order chi connectivity index (χ0) is 22.0. The molecule has 1 aliphatic heterocycles. The summed E-state index contributed by atoms with van der Waals surface area (Å²) in [5, 5.41) is 0. The molecule has 13 heteroatoms. The largest absolute Gasteiger partial charge is 0.465 e. The number of aromatic nitrogens is 6. The van der Waals surface area contributed by atoms with Gasteiger partial charge in [-0.3, -0.25) is 33.5 Å². The van der Waals surface area contributed by atoms with Crippen molar-refractivity contribution in [1.82, 2.24) is 28.7 Å². The normalized spacial score (nSPS) is 11.8. The van der Waals surface area contributed by atoms with Gasteiger partial charge in [-0.2, -0.15) is 0 Å². The third-order valence-corrected chi connectivity index (χ3v) is 4.38. The first kappa shape index (κ1) is 20.7. The van der Waals surface area contributed by atoms with Crippen LogP contribution in [0.25, 0.3) is 11.2 Å². The van der Waals surface area contributed by atoms with E-state index in [2.05, 4.69) is 19.9 Å². The molecular formula is C17H19N7O6. The second kappa shape index (κ2) is 8.14. The molecule has 30 heavy (non-hydrogen) atoms. The van der Waals surface area contributed by atoms with E-state index >= 15 is 0 Å². The standard InChI is InChI=1S/C10H12N4O4.C7H7N3O2/c1-3-18-6(15)4-14-5-11-8-7(14)9(16)12-10(17)13(8)2;1-10-5-4(2-3-8-5)6(11)9-7(10)12/h5H,3-4H2,1-2H3,(H,12,16,17);3H,2H2,1H3,(H,9,11,12). The maximum atomic E-state index is 11.7. The van der Waals surface area contributed by atoms with Crippen molar-refractivity contribution >= 4 is 29.2 Å². The molecule has 1 aliphatic rings. The van der Waals surface area contributed by atoms with Gasteiger partial charge in [-0.15, -0.1) is 0 Å². The molecule has 0 spiro atoms. The lowest BCUT2D eigenvalue weighted by molar-refractivity contribution is -0.143. The molecule has 158 valence electrons. The predicted octanol–water partition coefficient (Wildman–Crippen LogP) is -1.68. The SMILES string of the molecule is CCOC(=O)Cn1cnc2c1c(=O)[nH]c(=O)n2C.Cn1c2c(c(=O)[nH]c1=O)CC=N2. The third-order valence-electron chi connectivity index (χ3n) is 4.38. The number of aliphatic imine (C=N–C) groups is 1. The molecule has 2 N–H and O–H groups in total. The Morgan fingerprint density at radius 3 is 2.47 bits per heavy atom. The van der Waals surface area contributed by atoms with E-state index in [1.165, 1.54) is 27.1 Å². The molecule has 3 aromatic heterocycles. The van der Waals surface area contributed by atoms with Gasteiger partial charge in [-0.1, -0.05) is 0 Å². The Morgan fingerprint density at radius 2 is 1.77 bits per heavy atom. The highest BCUT2D eigenvalue weighted by atomic mass is 16.5. The summed E-state index contributed by atoms with van der Waals surface area (Å²) in [6.45, 7) is 1.84. The molecule has 0 fully saturated rings. The van der Waals surface area contributed by atoms with E-state index in [0.717, 1.165) is 0 Å². The molecule has 0 unspecified atom stereocenters. The summed E-state index contributed by atoms with van der Waals surface area (Å²) in [7, 11) is 3.07. The number of hydrogen-bond acceptors (Lipinski definition) is 8. The van der Waals surface area contributed by atoms with Crippen LogP contribution >= 0.6 is 0 Å². The van der Waals surface area contributed by atoms with Crippen LogP contribution in [-0.4, -0.2) is 47.4 Å². The Labute approximate surface area is 167 Å². The molecule has 0 saturated carbocycles. The Kier molecular flexibility index (Phi) is 5.62. The van der Waals surface area contributed by atoms with Gasteiger partial charge in [-0.25, -0.2) is 19.6 Å². The van der Waals surface area contributed by atoms with E-state index in [4.69, 9.17) is 4.74 Å². The lowest BCUT2D eigenvalue weighted by Gasteiger charge is -2.03. The zero-order valence-electron chi connectivity index (χ0n) is 16.5. The summed E-state index contributed by atoms with van der Waals surface area (Å²) in [6, 6.07) is 0. The fourth-order valence-electron chi connectivity index (χ4n) is 2.88. The first-order chi connectivity index (χ1) is 14.2. The number of aromatic amines is 2. The lowest BCUT2D eigenvalue weighted by atomic mass is 10.2. The molecule has 0 amide bonds.